The summed E-state index contributed by atoms with van der Waals surface area (Å²) in [4.78, 5) is 0. The average Bonchev–Trinajstić information content (AvgIpc) is 2.19. The van der Waals surface area contributed by atoms with Crippen molar-refractivity contribution in [1.82, 2.24) is 0 Å². The second-order valence-corrected chi connectivity index (χ2v) is 2.70. The molecule has 0 aromatic heterocycles. The van der Waals surface area contributed by atoms with Crippen LogP contribution in [0.1, 0.15) is 6.92 Å². The van der Waals surface area contributed by atoms with E-state index >= 15 is 0 Å². The maximum atomic E-state index is 8.99. The molecule has 0 fully saturated rings. The van der Waals surface area contributed by atoms with E-state index in [1.54, 1.807) is 24.3 Å². The van der Waals surface area contributed by atoms with E-state index in [4.69, 9.17) is 20.1 Å². The van der Waals surface area contributed by atoms with E-state index in [1.165, 1.54) is 14.0 Å². The van der Waals surface area contributed by atoms with Gasteiger partial charge in [-0.15, -0.1) is 0 Å². The Kier molecular flexibility index (Phi) is 6.53. The molecular weight excluding hydrogens is 184 g/mol. The van der Waals surface area contributed by atoms with Crippen LogP contribution in [-0.4, -0.2) is 35.1 Å². The molecule has 0 heterocycles. The smallest absolute Gasteiger partial charge is 0.160 e. The fraction of sp³-hybridized carbons (Fsp3) is 0.400. The van der Waals surface area contributed by atoms with Crippen LogP contribution in [0.2, 0.25) is 0 Å². The van der Waals surface area contributed by atoms with Gasteiger partial charge in [0.2, 0.25) is 0 Å². The minimum absolute atomic E-state index is 0.139. The highest BCUT2D eigenvalue weighted by molar-refractivity contribution is 5.37. The van der Waals surface area contributed by atoms with Gasteiger partial charge in [0.1, 0.15) is 0 Å². The molecule has 0 aliphatic rings. The lowest BCUT2D eigenvalue weighted by Gasteiger charge is -1.99. The Labute approximate surface area is 83.4 Å². The lowest BCUT2D eigenvalue weighted by atomic mass is 10.3. The zero-order chi connectivity index (χ0) is 11.0. The molecule has 0 spiro atoms. The van der Waals surface area contributed by atoms with Crippen molar-refractivity contribution in [1.29, 1.82) is 0 Å². The fourth-order valence-corrected chi connectivity index (χ4v) is 0.630. The molecule has 1 aromatic rings. The van der Waals surface area contributed by atoms with Gasteiger partial charge in [-0.05, 0) is 19.1 Å². The highest BCUT2D eigenvalue weighted by atomic mass is 16.5. The predicted octanol–water partition coefficient (Wildman–Crippen LogP) is 0.760. The van der Waals surface area contributed by atoms with Gasteiger partial charge in [0.25, 0.3) is 0 Å². The monoisotopic (exact) mass is 200 g/mol. The Balaban J connectivity index is 0.000000292. The minimum atomic E-state index is -0.560. The number of aromatic hydroxyl groups is 1. The fourth-order valence-electron chi connectivity index (χ4n) is 0.630. The van der Waals surface area contributed by atoms with Crippen LogP contribution in [0.15, 0.2) is 24.3 Å². The van der Waals surface area contributed by atoms with E-state index in [9.17, 15) is 0 Å². The van der Waals surface area contributed by atoms with Gasteiger partial charge in [-0.3, -0.25) is 0 Å². The molecule has 0 saturated carbocycles. The van der Waals surface area contributed by atoms with Crippen LogP contribution in [0.5, 0.6) is 11.5 Å². The van der Waals surface area contributed by atoms with Crippen molar-refractivity contribution in [2.24, 2.45) is 0 Å². The topological polar surface area (TPSA) is 69.9 Å². The van der Waals surface area contributed by atoms with E-state index in [0.717, 1.165) is 0 Å². The molecule has 1 unspecified atom stereocenters. The van der Waals surface area contributed by atoms with Crippen molar-refractivity contribution in [3.05, 3.63) is 24.3 Å². The van der Waals surface area contributed by atoms with Gasteiger partial charge >= 0.3 is 0 Å². The summed E-state index contributed by atoms with van der Waals surface area (Å²) in [7, 11) is 1.52. The number of phenols is 1. The van der Waals surface area contributed by atoms with E-state index in [0.29, 0.717) is 5.75 Å². The predicted molar refractivity (Wildman–Crippen MR) is 53.4 cm³/mol. The summed E-state index contributed by atoms with van der Waals surface area (Å²) in [5, 5.41) is 25.0. The molecule has 1 atom stereocenters. The summed E-state index contributed by atoms with van der Waals surface area (Å²) in [5.41, 5.74) is 0. The molecule has 0 radical (unpaired) electrons. The average molecular weight is 200 g/mol. The van der Waals surface area contributed by atoms with Crippen molar-refractivity contribution in [3.8, 4) is 11.5 Å². The Bertz CT molecular complexity index is 248. The molecule has 80 valence electrons. The van der Waals surface area contributed by atoms with Crippen LogP contribution in [0.4, 0.5) is 0 Å². The molecule has 1 rings (SSSR count). The summed E-state index contributed by atoms with van der Waals surface area (Å²) >= 11 is 0. The molecule has 4 heteroatoms. The van der Waals surface area contributed by atoms with E-state index in [-0.39, 0.29) is 12.4 Å². The third kappa shape index (κ3) is 5.40. The number of methoxy groups -OCH3 is 1. The number of hydrogen-bond acceptors (Lipinski definition) is 4. The van der Waals surface area contributed by atoms with Gasteiger partial charge in [-0.1, -0.05) is 12.1 Å². The summed E-state index contributed by atoms with van der Waals surface area (Å²) in [5.74, 6) is 0.692. The standard InChI is InChI=1S/C7H8O2.C3H8O2/c1-9-7-5-3-2-4-6(7)8;1-3(5)2-4/h2-5,8H,1H3;3-5H,2H2,1H3. The number of ether oxygens (including phenoxy) is 1. The Hall–Kier alpha value is -1.26. The van der Waals surface area contributed by atoms with Crippen LogP contribution in [0.25, 0.3) is 0 Å². The molecular formula is C10H16O4. The normalized spacial score (nSPS) is 11.1. The number of phenolic OH excluding ortho intramolecular Hbond substituents is 1. The maximum Gasteiger partial charge on any atom is 0.160 e. The molecule has 0 aliphatic carbocycles. The first-order valence-electron chi connectivity index (χ1n) is 4.22. The molecule has 14 heavy (non-hydrogen) atoms. The zero-order valence-electron chi connectivity index (χ0n) is 8.34. The van der Waals surface area contributed by atoms with Gasteiger partial charge < -0.3 is 20.1 Å². The Morgan fingerprint density at radius 1 is 1.36 bits per heavy atom. The van der Waals surface area contributed by atoms with Crippen LogP contribution >= 0.6 is 0 Å². The van der Waals surface area contributed by atoms with Crippen molar-refractivity contribution in [3.63, 3.8) is 0 Å². The van der Waals surface area contributed by atoms with Gasteiger partial charge in [-0.25, -0.2) is 0 Å². The summed E-state index contributed by atoms with van der Waals surface area (Å²) < 4.78 is 4.79. The maximum absolute atomic E-state index is 8.99. The molecule has 0 saturated heterocycles. The molecule has 4 nitrogen and oxygen atoms in total. The summed E-state index contributed by atoms with van der Waals surface area (Å²) in [6, 6.07) is 6.84. The van der Waals surface area contributed by atoms with Crippen LogP contribution in [0.3, 0.4) is 0 Å². The highest BCUT2D eigenvalue weighted by Gasteiger charge is 1.94. The van der Waals surface area contributed by atoms with Crippen LogP contribution in [-0.2, 0) is 0 Å². The summed E-state index contributed by atoms with van der Waals surface area (Å²) in [6.07, 6.45) is -0.560. The van der Waals surface area contributed by atoms with E-state index in [1.807, 2.05) is 0 Å². The van der Waals surface area contributed by atoms with Crippen molar-refractivity contribution in [2.75, 3.05) is 13.7 Å². The second-order valence-electron chi connectivity index (χ2n) is 2.70. The van der Waals surface area contributed by atoms with Gasteiger partial charge in [0.05, 0.1) is 19.8 Å². The molecule has 0 aliphatic heterocycles. The van der Waals surface area contributed by atoms with Crippen molar-refractivity contribution >= 4 is 0 Å². The molecule has 3 N–H and O–H groups in total. The number of benzene rings is 1. The molecule has 0 bridgehead atoms. The number of rotatable bonds is 2. The van der Waals surface area contributed by atoms with Gasteiger partial charge in [-0.2, -0.15) is 0 Å². The Morgan fingerprint density at radius 3 is 2.14 bits per heavy atom. The largest absolute Gasteiger partial charge is 0.504 e. The first-order chi connectivity index (χ1) is 6.61. The number of para-hydroxylation sites is 2. The minimum Gasteiger partial charge on any atom is -0.504 e. The number of aliphatic hydroxyl groups excluding tert-OH is 2. The quantitative estimate of drug-likeness (QED) is 0.659. The first-order valence-corrected chi connectivity index (χ1v) is 4.22. The lowest BCUT2D eigenvalue weighted by molar-refractivity contribution is 0.110. The van der Waals surface area contributed by atoms with Crippen molar-refractivity contribution < 1.29 is 20.1 Å². The molecule has 0 amide bonds. The Morgan fingerprint density at radius 2 is 1.86 bits per heavy atom. The lowest BCUT2D eigenvalue weighted by Crippen LogP contribution is -2.03. The first kappa shape index (κ1) is 12.7. The van der Waals surface area contributed by atoms with Crippen LogP contribution < -0.4 is 4.74 Å². The number of aliphatic hydroxyl groups is 2. The SMILES string of the molecule is CC(O)CO.COc1ccccc1O. The molecule has 1 aromatic carbocycles. The highest BCUT2D eigenvalue weighted by Crippen LogP contribution is 2.22. The third-order valence-corrected chi connectivity index (χ3v) is 1.35. The van der Waals surface area contributed by atoms with E-state index in [2.05, 4.69) is 0 Å². The van der Waals surface area contributed by atoms with Crippen LogP contribution in [0, 0.1) is 0 Å². The van der Waals surface area contributed by atoms with Crippen molar-refractivity contribution in [2.45, 2.75) is 13.0 Å². The second kappa shape index (κ2) is 7.17. The third-order valence-electron chi connectivity index (χ3n) is 1.35. The van der Waals surface area contributed by atoms with Gasteiger partial charge in [0, 0.05) is 0 Å². The van der Waals surface area contributed by atoms with E-state index < -0.39 is 6.10 Å². The number of hydrogen-bond donors (Lipinski definition) is 3. The summed E-state index contributed by atoms with van der Waals surface area (Å²) in [6.45, 7) is 1.39. The zero-order valence-corrected chi connectivity index (χ0v) is 8.34. The van der Waals surface area contributed by atoms with Gasteiger partial charge in [0.15, 0.2) is 11.5 Å².